The summed E-state index contributed by atoms with van der Waals surface area (Å²) < 4.78 is 0. The third kappa shape index (κ3) is 5.19. The summed E-state index contributed by atoms with van der Waals surface area (Å²) in [5.74, 6) is 0.871. The molecule has 0 N–H and O–H groups in total. The molecule has 0 bridgehead atoms. The number of allylic oxidation sites excluding steroid dienone is 1. The molecule has 0 radical (unpaired) electrons. The maximum Gasteiger partial charge on any atom is 0.0120 e. The third-order valence-electron chi connectivity index (χ3n) is 3.10. The van der Waals surface area contributed by atoms with Gasteiger partial charge in [0.2, 0.25) is 0 Å². The Labute approximate surface area is 98.3 Å². The zero-order valence-corrected chi connectivity index (χ0v) is 11.6. The van der Waals surface area contributed by atoms with Crippen LogP contribution in [0.2, 0.25) is 0 Å². The summed E-state index contributed by atoms with van der Waals surface area (Å²) in [5.41, 5.74) is 0.286. The second-order valence-electron chi connectivity index (χ2n) is 4.61. The lowest BCUT2D eigenvalue weighted by Crippen LogP contribution is -2.19. The van der Waals surface area contributed by atoms with Gasteiger partial charge in [-0.3, -0.25) is 0 Å². The molecule has 2 atom stereocenters. The van der Waals surface area contributed by atoms with Gasteiger partial charge in [0.25, 0.3) is 0 Å². The molecule has 1 heteroatoms. The van der Waals surface area contributed by atoms with E-state index < -0.39 is 0 Å². The molecule has 0 aromatic rings. The van der Waals surface area contributed by atoms with Crippen molar-refractivity contribution in [1.82, 2.24) is 0 Å². The van der Waals surface area contributed by atoms with E-state index in [4.69, 9.17) is 0 Å². The first kappa shape index (κ1) is 14.2. The first-order valence-electron chi connectivity index (χ1n) is 5.81. The van der Waals surface area contributed by atoms with Crippen LogP contribution >= 0.6 is 15.9 Å². The Balaban J connectivity index is 4.07. The molecule has 2 unspecified atom stereocenters. The number of unbranched alkanes of at least 4 members (excludes halogenated alkanes) is 1. The Kier molecular flexibility index (Phi) is 7.62. The summed E-state index contributed by atoms with van der Waals surface area (Å²) in [7, 11) is 0. The molecule has 0 heterocycles. The molecule has 0 rings (SSSR count). The van der Waals surface area contributed by atoms with E-state index in [0.29, 0.717) is 0 Å². The number of hydrogen-bond acceptors (Lipinski definition) is 0. The molecule has 0 nitrogen and oxygen atoms in total. The Morgan fingerprint density at radius 2 is 2.07 bits per heavy atom. The minimum absolute atomic E-state index is 0.286. The van der Waals surface area contributed by atoms with Crippen LogP contribution in [0.5, 0.6) is 0 Å². The van der Waals surface area contributed by atoms with Gasteiger partial charge in [-0.1, -0.05) is 68.5 Å². The van der Waals surface area contributed by atoms with Crippen LogP contribution < -0.4 is 0 Å². The van der Waals surface area contributed by atoms with Gasteiger partial charge in [0.05, 0.1) is 0 Å². The quantitative estimate of drug-likeness (QED) is 0.417. The minimum atomic E-state index is 0.286. The molecule has 0 aromatic carbocycles. The molecule has 0 fully saturated rings. The maximum atomic E-state index is 3.94. The highest BCUT2D eigenvalue weighted by Crippen LogP contribution is 2.33. The molecule has 0 aromatic heterocycles. The van der Waals surface area contributed by atoms with Gasteiger partial charge in [-0.15, -0.1) is 6.58 Å². The fourth-order valence-corrected chi connectivity index (χ4v) is 2.25. The fourth-order valence-electron chi connectivity index (χ4n) is 1.80. The van der Waals surface area contributed by atoms with Crippen LogP contribution in [-0.4, -0.2) is 5.33 Å². The molecule has 0 aliphatic heterocycles. The number of hydrogen-bond donors (Lipinski definition) is 0. The zero-order valence-electron chi connectivity index (χ0n) is 9.98. The van der Waals surface area contributed by atoms with Crippen LogP contribution in [0.3, 0.4) is 0 Å². The fraction of sp³-hybridized carbons (Fsp3) is 0.846. The Morgan fingerprint density at radius 1 is 1.43 bits per heavy atom. The standard InChI is InChI=1S/C13H25Br/c1-5-8-9-12(6-2)10-13(4,7-3)11-14/h7,12H,3,5-6,8-11H2,1-2,4H3. The minimum Gasteiger partial charge on any atom is -0.103 e. The van der Waals surface area contributed by atoms with Crippen LogP contribution in [0.1, 0.15) is 52.9 Å². The van der Waals surface area contributed by atoms with E-state index in [2.05, 4.69) is 49.4 Å². The van der Waals surface area contributed by atoms with Crippen molar-refractivity contribution in [1.29, 1.82) is 0 Å². The number of rotatable bonds is 8. The van der Waals surface area contributed by atoms with Gasteiger partial charge >= 0.3 is 0 Å². The summed E-state index contributed by atoms with van der Waals surface area (Å²) in [6.07, 6.45) is 8.75. The summed E-state index contributed by atoms with van der Waals surface area (Å²) in [6.45, 7) is 10.8. The Bertz CT molecular complexity index is 153. The van der Waals surface area contributed by atoms with Gasteiger partial charge in [-0.2, -0.15) is 0 Å². The van der Waals surface area contributed by atoms with E-state index in [0.717, 1.165) is 11.2 Å². The summed E-state index contributed by atoms with van der Waals surface area (Å²) in [4.78, 5) is 0. The molecule has 14 heavy (non-hydrogen) atoms. The average molecular weight is 261 g/mol. The van der Waals surface area contributed by atoms with Crippen LogP contribution in [0, 0.1) is 11.3 Å². The summed E-state index contributed by atoms with van der Waals surface area (Å²) in [5, 5.41) is 1.03. The SMILES string of the molecule is C=CC(C)(CBr)CC(CC)CCCC. The predicted molar refractivity (Wildman–Crippen MR) is 70.0 cm³/mol. The van der Waals surface area contributed by atoms with Crippen LogP contribution in [0.15, 0.2) is 12.7 Å². The van der Waals surface area contributed by atoms with Crippen LogP contribution in [0.25, 0.3) is 0 Å². The van der Waals surface area contributed by atoms with Crippen LogP contribution in [-0.2, 0) is 0 Å². The van der Waals surface area contributed by atoms with E-state index in [1.807, 2.05) is 0 Å². The number of halogens is 1. The van der Waals surface area contributed by atoms with Gasteiger partial charge in [-0.05, 0) is 17.8 Å². The highest BCUT2D eigenvalue weighted by Gasteiger charge is 2.22. The van der Waals surface area contributed by atoms with Crippen molar-refractivity contribution in [3.8, 4) is 0 Å². The molecule has 84 valence electrons. The molecule has 0 aliphatic rings. The molecule has 0 amide bonds. The van der Waals surface area contributed by atoms with Crippen molar-refractivity contribution < 1.29 is 0 Å². The van der Waals surface area contributed by atoms with Gasteiger partial charge in [0.15, 0.2) is 0 Å². The molecular formula is C13H25Br. The third-order valence-corrected chi connectivity index (χ3v) is 4.38. The normalized spacial score (nSPS) is 17.4. The van der Waals surface area contributed by atoms with Crippen molar-refractivity contribution in [2.24, 2.45) is 11.3 Å². The van der Waals surface area contributed by atoms with Gasteiger partial charge in [0.1, 0.15) is 0 Å². The Hall–Kier alpha value is 0.220. The van der Waals surface area contributed by atoms with E-state index in [1.165, 1.54) is 32.1 Å². The van der Waals surface area contributed by atoms with Crippen molar-refractivity contribution in [2.75, 3.05) is 5.33 Å². The first-order valence-corrected chi connectivity index (χ1v) is 6.93. The monoisotopic (exact) mass is 260 g/mol. The first-order chi connectivity index (χ1) is 6.61. The van der Waals surface area contributed by atoms with Gasteiger partial charge in [-0.25, -0.2) is 0 Å². The van der Waals surface area contributed by atoms with Crippen molar-refractivity contribution >= 4 is 15.9 Å². The average Bonchev–Trinajstić information content (AvgIpc) is 2.23. The zero-order chi connectivity index (χ0) is 11.0. The molecular weight excluding hydrogens is 236 g/mol. The number of alkyl halides is 1. The van der Waals surface area contributed by atoms with E-state index in [9.17, 15) is 0 Å². The lowest BCUT2D eigenvalue weighted by Gasteiger charge is -2.28. The summed E-state index contributed by atoms with van der Waals surface area (Å²) in [6, 6.07) is 0. The van der Waals surface area contributed by atoms with E-state index in [-0.39, 0.29) is 5.41 Å². The van der Waals surface area contributed by atoms with E-state index >= 15 is 0 Å². The molecule has 0 spiro atoms. The van der Waals surface area contributed by atoms with Gasteiger partial charge < -0.3 is 0 Å². The summed E-state index contributed by atoms with van der Waals surface area (Å²) >= 11 is 3.59. The van der Waals surface area contributed by atoms with Crippen molar-refractivity contribution in [3.05, 3.63) is 12.7 Å². The topological polar surface area (TPSA) is 0 Å². The van der Waals surface area contributed by atoms with Crippen molar-refractivity contribution in [2.45, 2.75) is 52.9 Å². The lowest BCUT2D eigenvalue weighted by molar-refractivity contribution is 0.311. The second kappa shape index (κ2) is 7.50. The van der Waals surface area contributed by atoms with Crippen LogP contribution in [0.4, 0.5) is 0 Å². The molecule has 0 saturated carbocycles. The maximum absolute atomic E-state index is 3.94. The Morgan fingerprint density at radius 3 is 2.43 bits per heavy atom. The smallest absolute Gasteiger partial charge is 0.0120 e. The predicted octanol–water partition coefficient (Wildman–Crippen LogP) is 5.18. The second-order valence-corrected chi connectivity index (χ2v) is 5.17. The molecule has 0 saturated heterocycles. The largest absolute Gasteiger partial charge is 0.103 e. The van der Waals surface area contributed by atoms with Gasteiger partial charge in [0, 0.05) is 5.33 Å². The lowest BCUT2D eigenvalue weighted by atomic mass is 9.80. The van der Waals surface area contributed by atoms with Crippen molar-refractivity contribution in [3.63, 3.8) is 0 Å². The molecule has 0 aliphatic carbocycles. The van der Waals surface area contributed by atoms with E-state index in [1.54, 1.807) is 0 Å². The highest BCUT2D eigenvalue weighted by molar-refractivity contribution is 9.09. The highest BCUT2D eigenvalue weighted by atomic mass is 79.9.